The Morgan fingerprint density at radius 1 is 1.41 bits per heavy atom. The first-order valence-corrected chi connectivity index (χ1v) is 7.94. The second-order valence-corrected chi connectivity index (χ2v) is 7.64. The first kappa shape index (κ1) is 16.8. The van der Waals surface area contributed by atoms with Crippen LogP contribution in [0.4, 0.5) is 0 Å². The van der Waals surface area contributed by atoms with Crippen molar-refractivity contribution in [2.75, 3.05) is 6.54 Å². The van der Waals surface area contributed by atoms with Crippen LogP contribution in [0.1, 0.15) is 25.5 Å². The molecule has 1 heterocycles. The van der Waals surface area contributed by atoms with Gasteiger partial charge in [-0.1, -0.05) is 30.3 Å². The summed E-state index contributed by atoms with van der Waals surface area (Å²) in [5.74, 6) is -1.16. The Morgan fingerprint density at radius 2 is 2.05 bits per heavy atom. The third kappa shape index (κ3) is 3.79. The van der Waals surface area contributed by atoms with Crippen molar-refractivity contribution in [1.82, 2.24) is 10.6 Å². The van der Waals surface area contributed by atoms with Crippen molar-refractivity contribution in [2.24, 2.45) is 5.73 Å². The molecule has 0 spiro atoms. The molecule has 1 aliphatic heterocycles. The summed E-state index contributed by atoms with van der Waals surface area (Å²) in [6.07, 6.45) is 0. The lowest BCUT2D eigenvalue weighted by Gasteiger charge is -2.20. The molecule has 1 aromatic carbocycles. The van der Waals surface area contributed by atoms with E-state index in [9.17, 15) is 14.7 Å². The zero-order chi connectivity index (χ0) is 16.3. The fourth-order valence-corrected chi connectivity index (χ4v) is 3.85. The monoisotopic (exact) mass is 323 g/mol. The number of rotatable bonds is 5. The maximum Gasteiger partial charge on any atom is 0.322 e. The second-order valence-electron chi connectivity index (χ2n) is 5.78. The van der Waals surface area contributed by atoms with Gasteiger partial charge in [0.1, 0.15) is 12.1 Å². The minimum atomic E-state index is -0.882. The highest BCUT2D eigenvalue weighted by molar-refractivity contribution is 8.01. The molecule has 0 radical (unpaired) electrons. The van der Waals surface area contributed by atoms with Crippen LogP contribution >= 0.6 is 11.8 Å². The summed E-state index contributed by atoms with van der Waals surface area (Å²) in [4.78, 5) is 23.3. The van der Waals surface area contributed by atoms with Gasteiger partial charge in [0.2, 0.25) is 5.91 Å². The summed E-state index contributed by atoms with van der Waals surface area (Å²) >= 11 is 1.51. The van der Waals surface area contributed by atoms with Gasteiger partial charge in [-0.25, -0.2) is 0 Å². The third-order valence-electron chi connectivity index (χ3n) is 3.64. The summed E-state index contributed by atoms with van der Waals surface area (Å²) in [6, 6.07) is 7.76. The highest BCUT2D eigenvalue weighted by Gasteiger charge is 2.45. The smallest absolute Gasteiger partial charge is 0.322 e. The van der Waals surface area contributed by atoms with E-state index in [-0.39, 0.29) is 11.3 Å². The van der Waals surface area contributed by atoms with E-state index in [4.69, 9.17) is 5.73 Å². The number of hydrogen-bond donors (Lipinski definition) is 4. The number of aliphatic carboxylic acids is 1. The average Bonchev–Trinajstić information content (AvgIpc) is 2.80. The van der Waals surface area contributed by atoms with Crippen molar-refractivity contribution >= 4 is 23.6 Å². The maximum absolute atomic E-state index is 12.1. The zero-order valence-corrected chi connectivity index (χ0v) is 13.4. The third-order valence-corrected chi connectivity index (χ3v) is 5.07. The number of benzene rings is 1. The minimum Gasteiger partial charge on any atom is -0.480 e. The van der Waals surface area contributed by atoms with Crippen molar-refractivity contribution in [1.29, 1.82) is 0 Å². The number of nitrogens with two attached hydrogens (primary N) is 1. The SMILES string of the molecule is CC1(C)S[C@H](CNC(=O)[C@@H](N)c2ccccc2)N[C@@H]1C(=O)O. The predicted molar refractivity (Wildman–Crippen MR) is 86.4 cm³/mol. The number of carboxylic acid groups (broad SMARTS) is 1. The van der Waals surface area contributed by atoms with Crippen LogP contribution in [0.15, 0.2) is 30.3 Å². The lowest BCUT2D eigenvalue weighted by atomic mass is 10.0. The standard InChI is InChI=1S/C15H21N3O3S/c1-15(2)12(14(20)21)18-10(22-15)8-17-13(19)11(16)9-6-4-3-5-7-9/h3-7,10-12,18H,8,16H2,1-2H3,(H,17,19)(H,20,21)/t10-,11+,12-/m1/s1. The molecule has 7 heteroatoms. The van der Waals surface area contributed by atoms with Gasteiger partial charge in [-0.2, -0.15) is 0 Å². The zero-order valence-electron chi connectivity index (χ0n) is 12.6. The molecule has 120 valence electrons. The van der Waals surface area contributed by atoms with Gasteiger partial charge in [-0.3, -0.25) is 14.9 Å². The molecule has 1 saturated heterocycles. The van der Waals surface area contributed by atoms with Gasteiger partial charge in [0.25, 0.3) is 0 Å². The van der Waals surface area contributed by atoms with Crippen LogP contribution in [0.3, 0.4) is 0 Å². The molecular formula is C15H21N3O3S. The fraction of sp³-hybridized carbons (Fsp3) is 0.467. The van der Waals surface area contributed by atoms with E-state index in [1.165, 1.54) is 11.8 Å². The number of carbonyl (C=O) groups is 2. The Balaban J connectivity index is 1.89. The normalized spacial score (nSPS) is 24.7. The van der Waals surface area contributed by atoms with Gasteiger partial charge >= 0.3 is 5.97 Å². The lowest BCUT2D eigenvalue weighted by molar-refractivity contribution is -0.139. The quantitative estimate of drug-likeness (QED) is 0.636. The van der Waals surface area contributed by atoms with Crippen LogP contribution in [0, 0.1) is 0 Å². The number of amides is 1. The van der Waals surface area contributed by atoms with Crippen LogP contribution < -0.4 is 16.4 Å². The molecule has 22 heavy (non-hydrogen) atoms. The number of carboxylic acids is 1. The Bertz CT molecular complexity index is 550. The van der Waals surface area contributed by atoms with Crippen LogP contribution in [-0.2, 0) is 9.59 Å². The molecule has 0 bridgehead atoms. The Kier molecular flexibility index (Phi) is 5.10. The molecule has 1 aromatic rings. The van der Waals surface area contributed by atoms with E-state index in [0.29, 0.717) is 6.54 Å². The number of hydrogen-bond acceptors (Lipinski definition) is 5. The first-order chi connectivity index (χ1) is 10.3. The van der Waals surface area contributed by atoms with Gasteiger partial charge in [-0.05, 0) is 19.4 Å². The van der Waals surface area contributed by atoms with E-state index < -0.39 is 22.8 Å². The van der Waals surface area contributed by atoms with E-state index in [1.54, 1.807) is 12.1 Å². The maximum atomic E-state index is 12.1. The molecule has 0 saturated carbocycles. The van der Waals surface area contributed by atoms with Crippen LogP contribution in [-0.4, -0.2) is 39.7 Å². The Hall–Kier alpha value is -1.57. The van der Waals surface area contributed by atoms with Gasteiger partial charge in [-0.15, -0.1) is 11.8 Å². The van der Waals surface area contributed by atoms with Crippen LogP contribution in [0.25, 0.3) is 0 Å². The van der Waals surface area contributed by atoms with E-state index >= 15 is 0 Å². The number of nitrogens with one attached hydrogen (secondary N) is 2. The summed E-state index contributed by atoms with van der Waals surface area (Å²) < 4.78 is -0.428. The number of carbonyl (C=O) groups excluding carboxylic acids is 1. The Labute approximate surface area is 133 Å². The molecule has 0 aliphatic carbocycles. The van der Waals surface area contributed by atoms with Crippen molar-refractivity contribution in [3.05, 3.63) is 35.9 Å². The second kappa shape index (κ2) is 6.68. The van der Waals surface area contributed by atoms with Crippen molar-refractivity contribution < 1.29 is 14.7 Å². The molecule has 1 fully saturated rings. The summed E-state index contributed by atoms with van der Waals surface area (Å²) in [7, 11) is 0. The summed E-state index contributed by atoms with van der Waals surface area (Å²) in [6.45, 7) is 4.08. The van der Waals surface area contributed by atoms with E-state index in [1.807, 2.05) is 32.0 Å². The highest BCUT2D eigenvalue weighted by atomic mass is 32.2. The topological polar surface area (TPSA) is 104 Å². The minimum absolute atomic E-state index is 0.150. The van der Waals surface area contributed by atoms with E-state index in [2.05, 4.69) is 10.6 Å². The molecule has 6 nitrogen and oxygen atoms in total. The molecule has 1 aliphatic rings. The van der Waals surface area contributed by atoms with Gasteiger partial charge in [0.15, 0.2) is 0 Å². The fourth-order valence-electron chi connectivity index (χ4n) is 2.44. The molecule has 1 amide bonds. The summed E-state index contributed by atoms with van der Waals surface area (Å²) in [5, 5.41) is 14.9. The molecule has 0 unspecified atom stereocenters. The van der Waals surface area contributed by atoms with Crippen molar-refractivity contribution in [3.8, 4) is 0 Å². The molecular weight excluding hydrogens is 302 g/mol. The highest BCUT2D eigenvalue weighted by Crippen LogP contribution is 2.37. The lowest BCUT2D eigenvalue weighted by Crippen LogP contribution is -2.47. The van der Waals surface area contributed by atoms with Crippen molar-refractivity contribution in [3.63, 3.8) is 0 Å². The molecule has 0 aromatic heterocycles. The predicted octanol–water partition coefficient (Wildman–Crippen LogP) is 0.697. The average molecular weight is 323 g/mol. The first-order valence-electron chi connectivity index (χ1n) is 7.06. The van der Waals surface area contributed by atoms with E-state index in [0.717, 1.165) is 5.56 Å². The van der Waals surface area contributed by atoms with Crippen LogP contribution in [0.2, 0.25) is 0 Å². The van der Waals surface area contributed by atoms with Crippen LogP contribution in [0.5, 0.6) is 0 Å². The van der Waals surface area contributed by atoms with Crippen molar-refractivity contribution in [2.45, 2.75) is 36.1 Å². The Morgan fingerprint density at radius 3 is 2.59 bits per heavy atom. The van der Waals surface area contributed by atoms with Gasteiger partial charge < -0.3 is 16.2 Å². The van der Waals surface area contributed by atoms with Gasteiger partial charge in [0.05, 0.1) is 5.37 Å². The number of thioether (sulfide) groups is 1. The summed E-state index contributed by atoms with van der Waals surface area (Å²) in [5.41, 5.74) is 6.66. The molecule has 5 N–H and O–H groups in total. The van der Waals surface area contributed by atoms with Gasteiger partial charge in [0, 0.05) is 11.3 Å². The largest absolute Gasteiger partial charge is 0.480 e. The molecule has 3 atom stereocenters. The molecule has 2 rings (SSSR count).